The largest absolute Gasteiger partial charge is 0.394 e. The summed E-state index contributed by atoms with van der Waals surface area (Å²) < 4.78 is 11.2. The molecule has 86 heavy (non-hydrogen) atoms. The topological polar surface area (TPSA) is 189 Å². The Morgan fingerprint density at radius 2 is 0.698 bits per heavy atom. The first-order valence-corrected chi connectivity index (χ1v) is 37.7. The van der Waals surface area contributed by atoms with Gasteiger partial charge in [-0.15, -0.1) is 0 Å². The number of rotatable bonds is 67. The van der Waals surface area contributed by atoms with Crippen LogP contribution < -0.4 is 5.32 Å². The number of aliphatic hydroxyl groups excluding tert-OH is 7. The van der Waals surface area contributed by atoms with Crippen molar-refractivity contribution >= 4 is 5.91 Å². The normalized spacial score (nSPS) is 18.8. The quantitative estimate of drug-likeness (QED) is 0.0215. The molecule has 510 valence electrons. The maximum absolute atomic E-state index is 13.3. The SMILES string of the molecule is CCCCCCCCCCCCCCCCCCCCCC/C=C/CC/C=C/CCCC(O)C(O)C(COC1OC(CO)C(O)C(O)C1O)NC(=O)C(O)CCCCCCCCCCCCCCCCCCCCCCCCCCCCCCCC. The van der Waals surface area contributed by atoms with Crippen molar-refractivity contribution in [1.29, 1.82) is 0 Å². The zero-order chi connectivity index (χ0) is 62.4. The summed E-state index contributed by atoms with van der Waals surface area (Å²) in [5.74, 6) is -0.702. The molecule has 11 nitrogen and oxygen atoms in total. The molecule has 0 aromatic carbocycles. The summed E-state index contributed by atoms with van der Waals surface area (Å²) in [4.78, 5) is 13.3. The monoisotopic (exact) mass is 1220 g/mol. The zero-order valence-corrected chi connectivity index (χ0v) is 56.6. The van der Waals surface area contributed by atoms with Crippen molar-refractivity contribution in [2.75, 3.05) is 13.2 Å². The molecule has 0 aromatic heterocycles. The van der Waals surface area contributed by atoms with E-state index < -0.39 is 74.2 Å². The summed E-state index contributed by atoms with van der Waals surface area (Å²) >= 11 is 0. The highest BCUT2D eigenvalue weighted by molar-refractivity contribution is 5.80. The summed E-state index contributed by atoms with van der Waals surface area (Å²) in [7, 11) is 0. The van der Waals surface area contributed by atoms with E-state index in [2.05, 4.69) is 43.5 Å². The van der Waals surface area contributed by atoms with E-state index in [0.717, 1.165) is 38.5 Å². The molecule has 1 aliphatic heterocycles. The third kappa shape index (κ3) is 50.3. The molecule has 0 aromatic rings. The summed E-state index contributed by atoms with van der Waals surface area (Å²) in [6, 6.07) is -1.19. The van der Waals surface area contributed by atoms with Crippen LogP contribution in [-0.4, -0.2) is 110 Å². The lowest BCUT2D eigenvalue weighted by atomic mass is 9.98. The summed E-state index contributed by atoms with van der Waals surface area (Å²) in [6.45, 7) is 3.51. The van der Waals surface area contributed by atoms with E-state index in [9.17, 15) is 40.5 Å². The van der Waals surface area contributed by atoms with Crippen molar-refractivity contribution in [1.82, 2.24) is 5.32 Å². The molecule has 0 spiro atoms. The van der Waals surface area contributed by atoms with Crippen LogP contribution in [-0.2, 0) is 14.3 Å². The van der Waals surface area contributed by atoms with Crippen molar-refractivity contribution in [3.05, 3.63) is 24.3 Å². The van der Waals surface area contributed by atoms with Crippen LogP contribution in [0.15, 0.2) is 24.3 Å². The van der Waals surface area contributed by atoms with Crippen molar-refractivity contribution in [2.45, 2.75) is 435 Å². The Labute approximate surface area is 531 Å². The third-order valence-electron chi connectivity index (χ3n) is 18.5. The van der Waals surface area contributed by atoms with Gasteiger partial charge in [0.05, 0.1) is 25.4 Å². The maximum atomic E-state index is 13.3. The number of amides is 1. The van der Waals surface area contributed by atoms with Gasteiger partial charge in [-0.25, -0.2) is 0 Å². The smallest absolute Gasteiger partial charge is 0.249 e. The van der Waals surface area contributed by atoms with E-state index in [4.69, 9.17) is 9.47 Å². The van der Waals surface area contributed by atoms with Gasteiger partial charge in [0, 0.05) is 0 Å². The van der Waals surface area contributed by atoms with E-state index in [1.165, 1.54) is 295 Å². The minimum Gasteiger partial charge on any atom is -0.394 e. The number of nitrogens with one attached hydrogen (secondary N) is 1. The van der Waals surface area contributed by atoms with Gasteiger partial charge in [-0.1, -0.05) is 353 Å². The number of allylic oxidation sites excluding steroid dienone is 4. The maximum Gasteiger partial charge on any atom is 0.249 e. The lowest BCUT2D eigenvalue weighted by Gasteiger charge is -2.40. The van der Waals surface area contributed by atoms with Crippen LogP contribution in [0.5, 0.6) is 0 Å². The first-order valence-electron chi connectivity index (χ1n) is 37.7. The molecule has 0 bridgehead atoms. The molecule has 8 N–H and O–H groups in total. The minimum absolute atomic E-state index is 0.250. The van der Waals surface area contributed by atoms with E-state index >= 15 is 0 Å². The number of carbonyl (C=O) groups is 1. The second-order valence-corrected chi connectivity index (χ2v) is 26.7. The van der Waals surface area contributed by atoms with Crippen LogP contribution >= 0.6 is 0 Å². The van der Waals surface area contributed by atoms with Crippen LogP contribution in [0.3, 0.4) is 0 Å². The van der Waals surface area contributed by atoms with Crippen molar-refractivity contribution in [3.8, 4) is 0 Å². The van der Waals surface area contributed by atoms with E-state index in [1.807, 2.05) is 0 Å². The van der Waals surface area contributed by atoms with Crippen molar-refractivity contribution in [3.63, 3.8) is 0 Å². The predicted octanol–water partition coefficient (Wildman–Crippen LogP) is 18.8. The number of hydrogen-bond acceptors (Lipinski definition) is 10. The lowest BCUT2D eigenvalue weighted by Crippen LogP contribution is -2.60. The van der Waals surface area contributed by atoms with Gasteiger partial charge in [-0.3, -0.25) is 4.79 Å². The van der Waals surface area contributed by atoms with Crippen molar-refractivity contribution in [2.24, 2.45) is 0 Å². The average molecular weight is 1220 g/mol. The lowest BCUT2D eigenvalue weighted by molar-refractivity contribution is -0.303. The van der Waals surface area contributed by atoms with Crippen LogP contribution in [0.2, 0.25) is 0 Å². The molecular weight excluding hydrogens is 1070 g/mol. The number of unbranched alkanes of at least 4 members (excludes halogenated alkanes) is 51. The minimum atomic E-state index is -1.67. The molecule has 0 saturated carbocycles. The van der Waals surface area contributed by atoms with Gasteiger partial charge in [0.1, 0.15) is 36.6 Å². The molecular formula is C75H145NO10. The van der Waals surface area contributed by atoms with E-state index in [1.54, 1.807) is 0 Å². The zero-order valence-electron chi connectivity index (χ0n) is 56.6. The van der Waals surface area contributed by atoms with E-state index in [0.29, 0.717) is 19.3 Å². The number of carbonyl (C=O) groups excluding carboxylic acids is 1. The molecule has 1 aliphatic rings. The summed E-state index contributed by atoms with van der Waals surface area (Å²) in [6.07, 6.45) is 70.0. The molecule has 9 atom stereocenters. The highest BCUT2D eigenvalue weighted by Crippen LogP contribution is 2.24. The Hall–Kier alpha value is -1.41. The Balaban J connectivity index is 2.18. The van der Waals surface area contributed by atoms with Crippen LogP contribution in [0.1, 0.15) is 380 Å². The van der Waals surface area contributed by atoms with Crippen LogP contribution in [0.4, 0.5) is 0 Å². The van der Waals surface area contributed by atoms with Gasteiger partial charge >= 0.3 is 0 Å². The fourth-order valence-electron chi connectivity index (χ4n) is 12.5. The standard InChI is InChI=1S/C75H145NO10/c1-3-5-7-9-11-13-15-17-19-21-23-25-27-29-31-33-35-37-39-41-43-45-47-49-51-53-55-57-59-61-63-68(79)74(84)76-66(65-85-75-73(83)72(82)71(81)69(64-77)86-75)70(80)67(78)62-60-58-56-54-52-50-48-46-44-42-40-38-36-34-32-30-28-26-24-22-20-18-16-14-12-10-8-6-4-2/h46,48,54,56,66-73,75,77-83H,3-45,47,49-53,55,57-65H2,1-2H3,(H,76,84)/b48-46+,56-54+. The second kappa shape index (κ2) is 63.7. The Morgan fingerprint density at radius 3 is 1.03 bits per heavy atom. The van der Waals surface area contributed by atoms with Gasteiger partial charge in [-0.2, -0.15) is 0 Å². The molecule has 1 fully saturated rings. The van der Waals surface area contributed by atoms with E-state index in [-0.39, 0.29) is 12.8 Å². The molecule has 1 rings (SSSR count). The predicted molar refractivity (Wildman–Crippen MR) is 362 cm³/mol. The fourth-order valence-corrected chi connectivity index (χ4v) is 12.5. The summed E-state index contributed by atoms with van der Waals surface area (Å²) in [5, 5.41) is 76.6. The number of ether oxygens (including phenoxy) is 2. The molecule has 1 amide bonds. The first kappa shape index (κ1) is 82.6. The number of hydrogen-bond donors (Lipinski definition) is 8. The highest BCUT2D eigenvalue weighted by atomic mass is 16.7. The van der Waals surface area contributed by atoms with Crippen LogP contribution in [0.25, 0.3) is 0 Å². The number of aliphatic hydroxyl groups is 7. The van der Waals surface area contributed by atoms with Gasteiger partial charge in [0.2, 0.25) is 5.91 Å². The van der Waals surface area contributed by atoms with Gasteiger partial charge in [-0.05, 0) is 51.4 Å². The van der Waals surface area contributed by atoms with Crippen molar-refractivity contribution < 1.29 is 50.0 Å². The molecule has 0 aliphatic carbocycles. The molecule has 1 saturated heterocycles. The second-order valence-electron chi connectivity index (χ2n) is 26.7. The fraction of sp³-hybridized carbons (Fsp3) is 0.933. The molecule has 11 heteroatoms. The van der Waals surface area contributed by atoms with Gasteiger partial charge in [0.25, 0.3) is 0 Å². The average Bonchev–Trinajstić information content (AvgIpc) is 2.94. The molecule has 9 unspecified atom stereocenters. The Bertz CT molecular complexity index is 1450. The summed E-state index contributed by atoms with van der Waals surface area (Å²) in [5.41, 5.74) is 0. The van der Waals surface area contributed by atoms with Gasteiger partial charge in [0.15, 0.2) is 6.29 Å². The highest BCUT2D eigenvalue weighted by Gasteiger charge is 2.44. The first-order chi connectivity index (χ1) is 42.2. The molecule has 1 heterocycles. The third-order valence-corrected chi connectivity index (χ3v) is 18.5. The Morgan fingerprint density at radius 1 is 0.395 bits per heavy atom. The Kier molecular flexibility index (Phi) is 61.2. The van der Waals surface area contributed by atoms with Crippen LogP contribution in [0, 0.1) is 0 Å². The molecule has 0 radical (unpaired) electrons. The van der Waals surface area contributed by atoms with Gasteiger partial charge < -0.3 is 50.5 Å².